The first kappa shape index (κ1) is 17.1. The summed E-state index contributed by atoms with van der Waals surface area (Å²) < 4.78 is 0. The number of nitro benzene ring substituents is 2. The number of nitrogens with zero attached hydrogens (tertiary/aromatic N) is 3. The third-order valence-corrected chi connectivity index (χ3v) is 3.30. The molecule has 0 saturated carbocycles. The van der Waals surface area contributed by atoms with Crippen LogP contribution in [-0.2, 0) is 0 Å². The Morgan fingerprint density at radius 2 is 1.71 bits per heavy atom. The summed E-state index contributed by atoms with van der Waals surface area (Å²) in [5.41, 5.74) is 3.64. The number of rotatable bonds is 6. The lowest BCUT2D eigenvalue weighted by molar-refractivity contribution is -0.393. The normalized spacial score (nSPS) is 11.4. The van der Waals surface area contributed by atoms with E-state index >= 15 is 0 Å². The summed E-state index contributed by atoms with van der Waals surface area (Å²) in [6, 6.07) is 12.8. The van der Waals surface area contributed by atoms with Crippen LogP contribution in [0.25, 0.3) is 0 Å². The second-order valence-corrected chi connectivity index (χ2v) is 5.35. The number of nitro groups is 2. The summed E-state index contributed by atoms with van der Waals surface area (Å²) in [6.07, 6.45) is 0. The summed E-state index contributed by atoms with van der Waals surface area (Å²) >= 11 is 0. The van der Waals surface area contributed by atoms with Crippen LogP contribution in [0.4, 0.5) is 17.1 Å². The van der Waals surface area contributed by atoms with Crippen LogP contribution in [0.1, 0.15) is 19.4 Å². The highest BCUT2D eigenvalue weighted by Gasteiger charge is 2.19. The molecule has 0 aliphatic rings. The van der Waals surface area contributed by atoms with Gasteiger partial charge in [-0.1, -0.05) is 44.2 Å². The van der Waals surface area contributed by atoms with Gasteiger partial charge < -0.3 is 0 Å². The van der Waals surface area contributed by atoms with E-state index in [4.69, 9.17) is 0 Å². The number of benzene rings is 2. The van der Waals surface area contributed by atoms with Gasteiger partial charge in [-0.05, 0) is 17.5 Å². The van der Waals surface area contributed by atoms with Crippen molar-refractivity contribution >= 4 is 22.8 Å². The van der Waals surface area contributed by atoms with Crippen molar-refractivity contribution < 1.29 is 9.85 Å². The minimum absolute atomic E-state index is 0.0806. The van der Waals surface area contributed by atoms with E-state index in [-0.39, 0.29) is 17.3 Å². The maximum atomic E-state index is 11.1. The van der Waals surface area contributed by atoms with E-state index in [1.54, 1.807) is 0 Å². The molecule has 2 aromatic carbocycles. The molecule has 0 atom stereocenters. The molecular weight excluding hydrogens is 312 g/mol. The molecule has 124 valence electrons. The largest absolute Gasteiger partial charge is 0.301 e. The lowest BCUT2D eigenvalue weighted by Gasteiger charge is -2.11. The van der Waals surface area contributed by atoms with Gasteiger partial charge in [0.2, 0.25) is 0 Å². The number of non-ortho nitro benzene ring substituents is 1. The van der Waals surface area contributed by atoms with E-state index in [2.05, 4.69) is 10.5 Å². The fourth-order valence-electron chi connectivity index (χ4n) is 2.14. The summed E-state index contributed by atoms with van der Waals surface area (Å²) in [7, 11) is 0. The molecule has 0 radical (unpaired) electrons. The van der Waals surface area contributed by atoms with E-state index in [1.807, 2.05) is 44.2 Å². The maximum Gasteiger partial charge on any atom is 0.301 e. The van der Waals surface area contributed by atoms with Crippen LogP contribution >= 0.6 is 0 Å². The van der Waals surface area contributed by atoms with Gasteiger partial charge in [0.15, 0.2) is 0 Å². The van der Waals surface area contributed by atoms with Gasteiger partial charge in [0, 0.05) is 6.07 Å². The third kappa shape index (κ3) is 3.92. The smallest absolute Gasteiger partial charge is 0.271 e. The molecule has 0 fully saturated rings. The molecule has 2 aromatic rings. The van der Waals surface area contributed by atoms with Crippen molar-refractivity contribution in [1.29, 1.82) is 0 Å². The van der Waals surface area contributed by atoms with Crippen LogP contribution < -0.4 is 5.43 Å². The Kier molecular flexibility index (Phi) is 5.20. The quantitative estimate of drug-likeness (QED) is 0.490. The molecule has 0 heterocycles. The van der Waals surface area contributed by atoms with Crippen LogP contribution in [-0.4, -0.2) is 15.6 Å². The molecule has 0 bridgehead atoms. The van der Waals surface area contributed by atoms with Crippen LogP contribution in [0.2, 0.25) is 0 Å². The van der Waals surface area contributed by atoms with Crippen molar-refractivity contribution in [3.05, 3.63) is 74.3 Å². The Bertz CT molecular complexity index is 788. The zero-order chi connectivity index (χ0) is 17.7. The fraction of sp³-hybridized carbons (Fsp3) is 0.188. The Balaban J connectivity index is 2.39. The molecule has 0 aliphatic heterocycles. The Hall–Kier alpha value is -3.29. The van der Waals surface area contributed by atoms with Crippen LogP contribution in [0.5, 0.6) is 0 Å². The van der Waals surface area contributed by atoms with Crippen molar-refractivity contribution in [2.45, 2.75) is 13.8 Å². The lowest BCUT2D eigenvalue weighted by atomic mass is 10.0. The van der Waals surface area contributed by atoms with Gasteiger partial charge in [-0.3, -0.25) is 25.7 Å². The fourth-order valence-corrected chi connectivity index (χ4v) is 2.14. The van der Waals surface area contributed by atoms with Crippen molar-refractivity contribution in [3.8, 4) is 0 Å². The first-order chi connectivity index (χ1) is 11.4. The Morgan fingerprint density at radius 3 is 2.25 bits per heavy atom. The van der Waals surface area contributed by atoms with Crippen molar-refractivity contribution in [3.63, 3.8) is 0 Å². The minimum atomic E-state index is -0.678. The van der Waals surface area contributed by atoms with Crippen LogP contribution in [0, 0.1) is 26.1 Å². The Morgan fingerprint density at radius 1 is 1.04 bits per heavy atom. The van der Waals surface area contributed by atoms with Crippen molar-refractivity contribution in [2.75, 3.05) is 5.43 Å². The topological polar surface area (TPSA) is 111 Å². The van der Waals surface area contributed by atoms with Crippen molar-refractivity contribution in [1.82, 2.24) is 0 Å². The van der Waals surface area contributed by atoms with Gasteiger partial charge in [-0.25, -0.2) is 0 Å². The average molecular weight is 328 g/mol. The highest BCUT2D eigenvalue weighted by Crippen LogP contribution is 2.29. The molecule has 0 aliphatic carbocycles. The Labute approximate surface area is 138 Å². The van der Waals surface area contributed by atoms with Gasteiger partial charge in [0.1, 0.15) is 5.69 Å². The van der Waals surface area contributed by atoms with Crippen molar-refractivity contribution in [2.24, 2.45) is 11.0 Å². The van der Waals surface area contributed by atoms with Crippen LogP contribution in [0.15, 0.2) is 53.6 Å². The molecular formula is C16H16N4O4. The van der Waals surface area contributed by atoms with Gasteiger partial charge in [0.25, 0.3) is 5.69 Å². The minimum Gasteiger partial charge on any atom is -0.271 e. The first-order valence-corrected chi connectivity index (χ1v) is 7.22. The van der Waals surface area contributed by atoms with E-state index in [9.17, 15) is 20.2 Å². The van der Waals surface area contributed by atoms with E-state index in [0.29, 0.717) is 0 Å². The van der Waals surface area contributed by atoms with Gasteiger partial charge in [0.05, 0.1) is 21.6 Å². The molecule has 0 spiro atoms. The average Bonchev–Trinajstić information content (AvgIpc) is 2.55. The second kappa shape index (κ2) is 7.32. The highest BCUT2D eigenvalue weighted by molar-refractivity contribution is 6.02. The molecule has 0 aromatic heterocycles. The molecule has 24 heavy (non-hydrogen) atoms. The SMILES string of the molecule is CC(C)/C(=N\Nc1ccc([N+](=O)[O-])cc1[N+](=O)[O-])c1ccccc1. The first-order valence-electron chi connectivity index (χ1n) is 7.22. The van der Waals surface area contributed by atoms with Gasteiger partial charge in [-0.15, -0.1) is 0 Å². The number of hydrazone groups is 1. The number of hydrogen-bond donors (Lipinski definition) is 1. The van der Waals surface area contributed by atoms with E-state index < -0.39 is 15.5 Å². The molecule has 2 rings (SSSR count). The molecule has 8 heteroatoms. The molecule has 0 unspecified atom stereocenters. The van der Waals surface area contributed by atoms with Crippen LogP contribution in [0.3, 0.4) is 0 Å². The van der Waals surface area contributed by atoms with E-state index in [0.717, 1.165) is 17.3 Å². The zero-order valence-electron chi connectivity index (χ0n) is 13.2. The number of hydrogen-bond acceptors (Lipinski definition) is 6. The standard InChI is InChI=1S/C16H16N4O4/c1-11(2)16(12-6-4-3-5-7-12)18-17-14-9-8-13(19(21)22)10-15(14)20(23)24/h3-11,17H,1-2H3/b18-16+. The van der Waals surface area contributed by atoms with Gasteiger partial charge >= 0.3 is 5.69 Å². The highest BCUT2D eigenvalue weighted by atomic mass is 16.6. The third-order valence-electron chi connectivity index (χ3n) is 3.30. The summed E-state index contributed by atoms with van der Waals surface area (Å²) in [6.45, 7) is 3.91. The zero-order valence-corrected chi connectivity index (χ0v) is 13.2. The second-order valence-electron chi connectivity index (χ2n) is 5.35. The maximum absolute atomic E-state index is 11.1. The van der Waals surface area contributed by atoms with E-state index in [1.165, 1.54) is 12.1 Å². The number of nitrogens with one attached hydrogen (secondary N) is 1. The summed E-state index contributed by atoms with van der Waals surface area (Å²) in [5, 5.41) is 26.2. The summed E-state index contributed by atoms with van der Waals surface area (Å²) in [4.78, 5) is 20.5. The lowest BCUT2D eigenvalue weighted by Crippen LogP contribution is -2.12. The predicted octanol–water partition coefficient (Wildman–Crippen LogP) is 3.98. The molecule has 0 amide bonds. The molecule has 1 N–H and O–H groups in total. The monoisotopic (exact) mass is 328 g/mol. The number of anilines is 1. The molecule has 0 saturated heterocycles. The predicted molar refractivity (Wildman–Crippen MR) is 91.2 cm³/mol. The van der Waals surface area contributed by atoms with Gasteiger partial charge in [-0.2, -0.15) is 5.10 Å². The summed E-state index contributed by atoms with van der Waals surface area (Å²) in [5.74, 6) is 0.0806. The molecule has 8 nitrogen and oxygen atoms in total.